The smallest absolute Gasteiger partial charge is 0.0414 e. The van der Waals surface area contributed by atoms with Gasteiger partial charge in [0.1, 0.15) is 0 Å². The Labute approximate surface area is 107 Å². The minimum atomic E-state index is 0.212. The zero-order valence-corrected chi connectivity index (χ0v) is 12.8. The molecule has 0 bridgehead atoms. The molecule has 0 aromatic heterocycles. The van der Waals surface area contributed by atoms with E-state index in [0.29, 0.717) is 0 Å². The second-order valence-electron chi connectivity index (χ2n) is 7.24. The topological polar surface area (TPSA) is 15.3 Å². The van der Waals surface area contributed by atoms with Gasteiger partial charge in [0.15, 0.2) is 0 Å². The fourth-order valence-electron chi connectivity index (χ4n) is 2.25. The molecule has 1 N–H and O–H groups in total. The van der Waals surface area contributed by atoms with E-state index in [4.69, 9.17) is 0 Å². The highest BCUT2D eigenvalue weighted by Crippen LogP contribution is 2.38. The molecule has 0 aromatic carbocycles. The van der Waals surface area contributed by atoms with Gasteiger partial charge in [-0.3, -0.25) is 0 Å². The van der Waals surface area contributed by atoms with Crippen LogP contribution in [0.4, 0.5) is 0 Å². The third-order valence-electron chi connectivity index (χ3n) is 3.36. The number of unbranched alkanes of at least 4 members (excludes halogenated alkanes) is 1. The summed E-state index contributed by atoms with van der Waals surface area (Å²) in [5.74, 6) is 0. The van der Waals surface area contributed by atoms with Gasteiger partial charge in [-0.1, -0.05) is 54.9 Å². The minimum Gasteiger partial charge on any atom is -0.322 e. The first-order valence-corrected chi connectivity index (χ1v) is 6.92. The van der Waals surface area contributed by atoms with Crippen molar-refractivity contribution < 1.29 is 0 Å². The summed E-state index contributed by atoms with van der Waals surface area (Å²) in [6.45, 7) is 18.3. The Bertz CT molecular complexity index is 263. The fraction of sp³-hybridized carbons (Fsp3) is 0.867. The fourth-order valence-corrected chi connectivity index (χ4v) is 2.25. The first-order chi connectivity index (χ1) is 7.66. The van der Waals surface area contributed by atoms with Gasteiger partial charge in [0, 0.05) is 24.2 Å². The van der Waals surface area contributed by atoms with Crippen LogP contribution in [-0.4, -0.2) is 18.1 Å². The number of hydrogen-bond acceptors (Lipinski definition) is 2. The lowest BCUT2D eigenvalue weighted by atomic mass is 9.79. The molecular weight excluding hydrogens is 208 g/mol. The van der Waals surface area contributed by atoms with Gasteiger partial charge in [0.05, 0.1) is 0 Å². The lowest BCUT2D eigenvalue weighted by Crippen LogP contribution is -2.35. The third kappa shape index (κ3) is 3.74. The lowest BCUT2D eigenvalue weighted by Gasteiger charge is -2.28. The van der Waals surface area contributed by atoms with E-state index in [1.165, 1.54) is 18.5 Å². The highest BCUT2D eigenvalue weighted by molar-refractivity contribution is 5.28. The highest BCUT2D eigenvalue weighted by Gasteiger charge is 2.34. The molecule has 1 rings (SSSR count). The van der Waals surface area contributed by atoms with Crippen molar-refractivity contribution in [1.82, 2.24) is 10.4 Å². The number of allylic oxidation sites excluding steroid dienone is 1. The predicted molar refractivity (Wildman–Crippen MR) is 75.6 cm³/mol. The molecule has 0 saturated heterocycles. The molecule has 0 aromatic rings. The summed E-state index contributed by atoms with van der Waals surface area (Å²) in [6, 6.07) is 0. The van der Waals surface area contributed by atoms with E-state index in [1.54, 1.807) is 5.57 Å². The maximum atomic E-state index is 3.64. The maximum Gasteiger partial charge on any atom is 0.0414 e. The number of nitrogens with one attached hydrogen (secondary N) is 1. The molecule has 2 heteroatoms. The van der Waals surface area contributed by atoms with Gasteiger partial charge in [0.2, 0.25) is 0 Å². The van der Waals surface area contributed by atoms with Crippen LogP contribution in [0.1, 0.15) is 61.3 Å². The van der Waals surface area contributed by atoms with Crippen molar-refractivity contribution in [2.24, 2.45) is 10.8 Å². The molecule has 0 spiro atoms. The van der Waals surface area contributed by atoms with E-state index < -0.39 is 0 Å². The van der Waals surface area contributed by atoms with E-state index in [-0.39, 0.29) is 10.8 Å². The Morgan fingerprint density at radius 1 is 1.06 bits per heavy atom. The molecule has 0 saturated carbocycles. The molecule has 1 aliphatic rings. The first kappa shape index (κ1) is 14.6. The van der Waals surface area contributed by atoms with Crippen LogP contribution in [0, 0.1) is 10.8 Å². The SMILES string of the molecule is CCCCN1CC(C(C)(C)C)=C(C(C)(C)C)N1. The molecule has 2 nitrogen and oxygen atoms in total. The average molecular weight is 238 g/mol. The molecule has 0 fully saturated rings. The van der Waals surface area contributed by atoms with Gasteiger partial charge in [0.25, 0.3) is 0 Å². The van der Waals surface area contributed by atoms with E-state index in [1.807, 2.05) is 0 Å². The van der Waals surface area contributed by atoms with Crippen LogP contribution in [0.15, 0.2) is 11.3 Å². The van der Waals surface area contributed by atoms with Gasteiger partial charge in [-0.15, -0.1) is 0 Å². The van der Waals surface area contributed by atoms with Crippen LogP contribution in [0.5, 0.6) is 0 Å². The van der Waals surface area contributed by atoms with Gasteiger partial charge >= 0.3 is 0 Å². The quantitative estimate of drug-likeness (QED) is 0.801. The Balaban J connectivity index is 2.86. The highest BCUT2D eigenvalue weighted by atomic mass is 15.5. The summed E-state index contributed by atoms with van der Waals surface area (Å²) < 4.78 is 0. The second kappa shape index (κ2) is 5.01. The average Bonchev–Trinajstić information content (AvgIpc) is 2.57. The molecule has 0 radical (unpaired) electrons. The van der Waals surface area contributed by atoms with Crippen molar-refractivity contribution in [3.05, 3.63) is 11.3 Å². The summed E-state index contributed by atoms with van der Waals surface area (Å²) in [6.07, 6.45) is 2.52. The van der Waals surface area contributed by atoms with Gasteiger partial charge in [-0.2, -0.15) is 0 Å². The molecule has 0 amide bonds. The number of nitrogens with zero attached hydrogens (tertiary/aromatic N) is 1. The van der Waals surface area contributed by atoms with Crippen LogP contribution in [-0.2, 0) is 0 Å². The predicted octanol–water partition coefficient (Wildman–Crippen LogP) is 3.95. The van der Waals surface area contributed by atoms with Crippen molar-refractivity contribution in [3.63, 3.8) is 0 Å². The van der Waals surface area contributed by atoms with E-state index in [9.17, 15) is 0 Å². The number of hydrogen-bond donors (Lipinski definition) is 1. The minimum absolute atomic E-state index is 0.212. The Morgan fingerprint density at radius 2 is 1.65 bits per heavy atom. The van der Waals surface area contributed by atoms with Crippen molar-refractivity contribution in [3.8, 4) is 0 Å². The van der Waals surface area contributed by atoms with Gasteiger partial charge < -0.3 is 5.43 Å². The van der Waals surface area contributed by atoms with Crippen LogP contribution in [0.25, 0.3) is 0 Å². The lowest BCUT2D eigenvalue weighted by molar-refractivity contribution is 0.231. The summed E-state index contributed by atoms with van der Waals surface area (Å²) in [5, 5.41) is 2.38. The molecule has 1 heterocycles. The van der Waals surface area contributed by atoms with Crippen molar-refractivity contribution >= 4 is 0 Å². The Kier molecular flexibility index (Phi) is 4.29. The number of rotatable bonds is 3. The zero-order chi connectivity index (χ0) is 13.3. The molecule has 17 heavy (non-hydrogen) atoms. The zero-order valence-electron chi connectivity index (χ0n) is 12.8. The second-order valence-corrected chi connectivity index (χ2v) is 7.24. The van der Waals surface area contributed by atoms with Crippen LogP contribution in [0.2, 0.25) is 0 Å². The maximum absolute atomic E-state index is 3.64. The van der Waals surface area contributed by atoms with Crippen molar-refractivity contribution in [1.29, 1.82) is 0 Å². The molecule has 0 aliphatic carbocycles. The van der Waals surface area contributed by atoms with Crippen LogP contribution in [0.3, 0.4) is 0 Å². The first-order valence-electron chi connectivity index (χ1n) is 6.92. The van der Waals surface area contributed by atoms with Crippen molar-refractivity contribution in [2.45, 2.75) is 61.3 Å². The molecular formula is C15H30N2. The van der Waals surface area contributed by atoms with Crippen LogP contribution >= 0.6 is 0 Å². The van der Waals surface area contributed by atoms with E-state index in [0.717, 1.165) is 13.1 Å². The standard InChI is InChI=1S/C15H30N2/c1-8-9-10-17-11-12(14(2,3)4)13(16-17)15(5,6)7/h16H,8-11H2,1-7H3. The summed E-state index contributed by atoms with van der Waals surface area (Å²) >= 11 is 0. The van der Waals surface area contributed by atoms with Crippen molar-refractivity contribution in [2.75, 3.05) is 13.1 Å². The molecule has 0 atom stereocenters. The van der Waals surface area contributed by atoms with Gasteiger partial charge in [-0.05, 0) is 17.4 Å². The van der Waals surface area contributed by atoms with E-state index >= 15 is 0 Å². The Hall–Kier alpha value is -0.500. The summed E-state index contributed by atoms with van der Waals surface area (Å²) in [7, 11) is 0. The normalized spacial score (nSPS) is 18.8. The number of hydrazine groups is 1. The van der Waals surface area contributed by atoms with E-state index in [2.05, 4.69) is 58.9 Å². The third-order valence-corrected chi connectivity index (χ3v) is 3.36. The monoisotopic (exact) mass is 238 g/mol. The molecule has 0 unspecified atom stereocenters. The Morgan fingerprint density at radius 3 is 2.00 bits per heavy atom. The summed E-state index contributed by atoms with van der Waals surface area (Å²) in [5.41, 5.74) is 7.11. The summed E-state index contributed by atoms with van der Waals surface area (Å²) in [4.78, 5) is 0. The molecule has 1 aliphatic heterocycles. The van der Waals surface area contributed by atoms with Crippen LogP contribution < -0.4 is 5.43 Å². The largest absolute Gasteiger partial charge is 0.322 e. The van der Waals surface area contributed by atoms with Gasteiger partial charge in [-0.25, -0.2) is 5.01 Å². The molecule has 100 valence electrons.